The number of rotatable bonds is 7. The third kappa shape index (κ3) is 5.14. The van der Waals surface area contributed by atoms with E-state index in [1.807, 2.05) is 6.07 Å². The second-order valence-electron chi connectivity index (χ2n) is 4.83. The molecule has 1 N–H and O–H groups in total. The van der Waals surface area contributed by atoms with Crippen molar-refractivity contribution in [2.45, 2.75) is 24.3 Å². The highest BCUT2D eigenvalue weighted by molar-refractivity contribution is 7.99. The van der Waals surface area contributed by atoms with Crippen LogP contribution < -0.4 is 5.32 Å². The summed E-state index contributed by atoms with van der Waals surface area (Å²) in [5.74, 6) is 0.320. The molecule has 0 amide bonds. The van der Waals surface area contributed by atoms with E-state index in [1.54, 1.807) is 30.0 Å². The van der Waals surface area contributed by atoms with E-state index in [2.05, 4.69) is 12.2 Å². The van der Waals surface area contributed by atoms with Crippen LogP contribution >= 0.6 is 11.8 Å². The van der Waals surface area contributed by atoms with Crippen LogP contribution in [0.1, 0.15) is 24.9 Å². The maximum atomic E-state index is 13.2. The molecule has 0 heterocycles. The van der Waals surface area contributed by atoms with Crippen molar-refractivity contribution < 1.29 is 8.78 Å². The lowest BCUT2D eigenvalue weighted by atomic mass is 10.1. The number of hydrogen-bond acceptors (Lipinski definition) is 2. The van der Waals surface area contributed by atoms with Gasteiger partial charge in [0.1, 0.15) is 11.6 Å². The Hall–Kier alpha value is -1.39. The van der Waals surface area contributed by atoms with Gasteiger partial charge in [-0.25, -0.2) is 8.78 Å². The van der Waals surface area contributed by atoms with Gasteiger partial charge in [0.2, 0.25) is 0 Å². The number of halogens is 2. The van der Waals surface area contributed by atoms with Crippen molar-refractivity contribution in [2.24, 2.45) is 0 Å². The first-order valence-corrected chi connectivity index (χ1v) is 8.05. The van der Waals surface area contributed by atoms with Crippen molar-refractivity contribution >= 4 is 11.8 Å². The molecule has 0 aliphatic heterocycles. The molecule has 0 bridgehead atoms. The molecule has 1 nitrogen and oxygen atoms in total. The molecule has 2 aromatic rings. The fraction of sp³-hybridized carbons (Fsp3) is 0.294. The summed E-state index contributed by atoms with van der Waals surface area (Å²) in [6.45, 7) is 3.00. The second-order valence-corrected chi connectivity index (χ2v) is 5.92. The van der Waals surface area contributed by atoms with Crippen LogP contribution in [0.5, 0.6) is 0 Å². The number of hydrogen-bond donors (Lipinski definition) is 1. The van der Waals surface area contributed by atoms with Crippen molar-refractivity contribution in [3.8, 4) is 0 Å². The highest BCUT2D eigenvalue weighted by Crippen LogP contribution is 2.25. The van der Waals surface area contributed by atoms with Gasteiger partial charge in [0.15, 0.2) is 0 Å². The summed E-state index contributed by atoms with van der Waals surface area (Å²) in [6, 6.07) is 13.3. The summed E-state index contributed by atoms with van der Waals surface area (Å²) >= 11 is 1.60. The summed E-state index contributed by atoms with van der Waals surface area (Å²) < 4.78 is 26.2. The predicted octanol–water partition coefficient (Wildman–Crippen LogP) is 4.80. The van der Waals surface area contributed by atoms with Crippen molar-refractivity contribution in [3.63, 3.8) is 0 Å². The summed E-state index contributed by atoms with van der Waals surface area (Å²) in [4.78, 5) is 0.903. The Morgan fingerprint density at radius 3 is 2.48 bits per heavy atom. The van der Waals surface area contributed by atoms with Crippen molar-refractivity contribution in [1.82, 2.24) is 5.32 Å². The smallest absolute Gasteiger partial charge is 0.124 e. The van der Waals surface area contributed by atoms with Crippen LogP contribution in [0.25, 0.3) is 0 Å². The first-order valence-electron chi connectivity index (χ1n) is 7.06. The van der Waals surface area contributed by atoms with Crippen LogP contribution in [-0.4, -0.2) is 12.3 Å². The molecule has 2 rings (SSSR count). The molecule has 0 saturated carbocycles. The maximum Gasteiger partial charge on any atom is 0.124 e. The second kappa shape index (κ2) is 8.15. The van der Waals surface area contributed by atoms with Crippen LogP contribution in [0.4, 0.5) is 8.78 Å². The van der Waals surface area contributed by atoms with Gasteiger partial charge < -0.3 is 5.32 Å². The van der Waals surface area contributed by atoms with E-state index in [-0.39, 0.29) is 17.7 Å². The van der Waals surface area contributed by atoms with Gasteiger partial charge in [0.25, 0.3) is 0 Å². The van der Waals surface area contributed by atoms with Gasteiger partial charge in [-0.3, -0.25) is 0 Å². The molecule has 1 unspecified atom stereocenters. The van der Waals surface area contributed by atoms with Crippen LogP contribution in [0.2, 0.25) is 0 Å². The molecule has 0 fully saturated rings. The number of thioether (sulfide) groups is 1. The van der Waals surface area contributed by atoms with Gasteiger partial charge >= 0.3 is 0 Å². The van der Waals surface area contributed by atoms with Crippen LogP contribution in [0.15, 0.2) is 53.4 Å². The molecule has 21 heavy (non-hydrogen) atoms. The highest BCUT2D eigenvalue weighted by atomic mass is 32.2. The van der Waals surface area contributed by atoms with Crippen LogP contribution in [-0.2, 0) is 0 Å². The standard InChI is InChI=1S/C17H19F2NS/c1-2-10-20-17(13-6-8-14(18)9-7-13)12-21-16-5-3-4-15(19)11-16/h3-9,11,17,20H,2,10,12H2,1H3. The van der Waals surface area contributed by atoms with Gasteiger partial charge in [-0.05, 0) is 48.9 Å². The molecule has 1 atom stereocenters. The first-order chi connectivity index (χ1) is 10.2. The van der Waals surface area contributed by atoms with E-state index in [1.165, 1.54) is 24.3 Å². The van der Waals surface area contributed by atoms with E-state index in [0.717, 1.165) is 29.2 Å². The van der Waals surface area contributed by atoms with E-state index >= 15 is 0 Å². The molecule has 4 heteroatoms. The first kappa shape index (κ1) is 16.0. The molecule has 0 radical (unpaired) electrons. The molecule has 0 aliphatic rings. The van der Waals surface area contributed by atoms with E-state index < -0.39 is 0 Å². The Morgan fingerprint density at radius 2 is 1.81 bits per heavy atom. The van der Waals surface area contributed by atoms with Gasteiger partial charge in [0.05, 0.1) is 0 Å². The average Bonchev–Trinajstić information content (AvgIpc) is 2.49. The van der Waals surface area contributed by atoms with Crippen LogP contribution in [0.3, 0.4) is 0 Å². The lowest BCUT2D eigenvalue weighted by Gasteiger charge is -2.18. The third-order valence-corrected chi connectivity index (χ3v) is 4.21. The molecule has 0 saturated heterocycles. The molecular formula is C17H19F2NS. The summed E-state index contributed by atoms with van der Waals surface area (Å²) in [6.07, 6.45) is 1.03. The third-order valence-electron chi connectivity index (χ3n) is 3.13. The lowest BCUT2D eigenvalue weighted by Crippen LogP contribution is -2.24. The molecule has 112 valence electrons. The van der Waals surface area contributed by atoms with E-state index in [0.29, 0.717) is 0 Å². The van der Waals surface area contributed by atoms with Crippen LogP contribution in [0, 0.1) is 11.6 Å². The normalized spacial score (nSPS) is 12.3. The van der Waals surface area contributed by atoms with E-state index in [4.69, 9.17) is 0 Å². The average molecular weight is 307 g/mol. The van der Waals surface area contributed by atoms with Crippen molar-refractivity contribution in [1.29, 1.82) is 0 Å². The SMILES string of the molecule is CCCNC(CSc1cccc(F)c1)c1ccc(F)cc1. The Balaban J connectivity index is 2.04. The minimum atomic E-state index is -0.231. The van der Waals surface area contributed by atoms with Crippen molar-refractivity contribution in [2.75, 3.05) is 12.3 Å². The molecule has 0 aliphatic carbocycles. The monoisotopic (exact) mass is 307 g/mol. The fourth-order valence-electron chi connectivity index (χ4n) is 2.02. The van der Waals surface area contributed by atoms with E-state index in [9.17, 15) is 8.78 Å². The van der Waals surface area contributed by atoms with Gasteiger partial charge in [0, 0.05) is 16.7 Å². The lowest BCUT2D eigenvalue weighted by molar-refractivity contribution is 0.574. The van der Waals surface area contributed by atoms with Gasteiger partial charge in [-0.15, -0.1) is 11.8 Å². The fourth-order valence-corrected chi connectivity index (χ4v) is 3.06. The van der Waals surface area contributed by atoms with Crippen molar-refractivity contribution in [3.05, 3.63) is 65.7 Å². The zero-order valence-electron chi connectivity index (χ0n) is 12.0. The zero-order valence-corrected chi connectivity index (χ0v) is 12.8. The quantitative estimate of drug-likeness (QED) is 0.738. The Bertz CT molecular complexity index is 557. The topological polar surface area (TPSA) is 12.0 Å². The Morgan fingerprint density at radius 1 is 1.05 bits per heavy atom. The summed E-state index contributed by atoms with van der Waals surface area (Å²) in [5.41, 5.74) is 1.05. The Kier molecular flexibility index (Phi) is 6.21. The predicted molar refractivity (Wildman–Crippen MR) is 84.6 cm³/mol. The highest BCUT2D eigenvalue weighted by Gasteiger charge is 2.11. The molecule has 2 aromatic carbocycles. The zero-order chi connectivity index (χ0) is 15.1. The molecular weight excluding hydrogens is 288 g/mol. The molecule has 0 aromatic heterocycles. The maximum absolute atomic E-state index is 13.2. The number of nitrogens with one attached hydrogen (secondary N) is 1. The Labute approximate surface area is 128 Å². The largest absolute Gasteiger partial charge is 0.309 e. The minimum Gasteiger partial charge on any atom is -0.309 e. The summed E-state index contributed by atoms with van der Waals surface area (Å²) in [5, 5.41) is 3.45. The van der Waals surface area contributed by atoms with Gasteiger partial charge in [-0.2, -0.15) is 0 Å². The minimum absolute atomic E-state index is 0.124. The van der Waals surface area contributed by atoms with Gasteiger partial charge in [-0.1, -0.05) is 25.1 Å². The number of benzene rings is 2. The molecule has 0 spiro atoms. The summed E-state index contributed by atoms with van der Waals surface area (Å²) in [7, 11) is 0.